The fraction of sp³-hybridized carbons (Fsp3) is 0.562. The molecule has 5 heteroatoms. The zero-order valence-corrected chi connectivity index (χ0v) is 12.4. The van der Waals surface area contributed by atoms with Gasteiger partial charge in [0.05, 0.1) is 5.92 Å². The maximum atomic E-state index is 9.08. The average Bonchev–Trinajstić information content (AvgIpc) is 2.48. The third kappa shape index (κ3) is 4.19. The Bertz CT molecular complexity index is 446. The molecule has 0 heterocycles. The van der Waals surface area contributed by atoms with Crippen molar-refractivity contribution >= 4 is 5.84 Å². The van der Waals surface area contributed by atoms with Crippen LogP contribution in [0.25, 0.3) is 0 Å². The van der Waals surface area contributed by atoms with E-state index in [-0.39, 0.29) is 18.4 Å². The minimum absolute atomic E-state index is 0.115. The van der Waals surface area contributed by atoms with Crippen LogP contribution in [-0.2, 0) is 0 Å². The second-order valence-electron chi connectivity index (χ2n) is 5.64. The van der Waals surface area contributed by atoms with Crippen LogP contribution in [0.4, 0.5) is 0 Å². The van der Waals surface area contributed by atoms with Crippen LogP contribution in [-0.4, -0.2) is 46.8 Å². The number of rotatable bonds is 8. The second-order valence-corrected chi connectivity index (χ2v) is 5.64. The standard InChI is InChI=1S/C16H25N3O2/c17-16(18-21)15(13-6-2-1-3-7-13)12-19(10-5-11-20)14-8-4-9-14/h1-3,6-7,14-15,20-21H,4-5,8-12H2,(H2,17,18). The molecule has 1 aromatic rings. The lowest BCUT2D eigenvalue weighted by Crippen LogP contribution is -2.45. The van der Waals surface area contributed by atoms with Gasteiger partial charge in [0.25, 0.3) is 0 Å². The number of oxime groups is 1. The topological polar surface area (TPSA) is 82.1 Å². The number of nitrogens with zero attached hydrogens (tertiary/aromatic N) is 2. The molecule has 1 aliphatic rings. The lowest BCUT2D eigenvalue weighted by atomic mass is 9.89. The summed E-state index contributed by atoms with van der Waals surface area (Å²) in [6, 6.07) is 10.5. The molecule has 0 saturated heterocycles. The maximum absolute atomic E-state index is 9.08. The van der Waals surface area contributed by atoms with Crippen molar-refractivity contribution in [2.45, 2.75) is 37.6 Å². The average molecular weight is 291 g/mol. The summed E-state index contributed by atoms with van der Waals surface area (Å²) in [5, 5.41) is 21.4. The van der Waals surface area contributed by atoms with Crippen LogP contribution in [0.1, 0.15) is 37.2 Å². The molecule has 1 fully saturated rings. The lowest BCUT2D eigenvalue weighted by Gasteiger charge is -2.39. The Hall–Kier alpha value is -1.59. The van der Waals surface area contributed by atoms with Crippen molar-refractivity contribution in [2.75, 3.05) is 19.7 Å². The molecule has 5 nitrogen and oxygen atoms in total. The minimum atomic E-state index is -0.115. The summed E-state index contributed by atoms with van der Waals surface area (Å²) in [5.74, 6) is 0.130. The van der Waals surface area contributed by atoms with E-state index in [0.29, 0.717) is 6.04 Å². The normalized spacial score (nSPS) is 17.7. The van der Waals surface area contributed by atoms with Gasteiger partial charge in [0.2, 0.25) is 0 Å². The highest BCUT2D eigenvalue weighted by Gasteiger charge is 2.28. The molecular formula is C16H25N3O2. The summed E-state index contributed by atoms with van der Waals surface area (Å²) in [4.78, 5) is 2.37. The summed E-state index contributed by atoms with van der Waals surface area (Å²) in [5.41, 5.74) is 6.97. The van der Waals surface area contributed by atoms with E-state index in [9.17, 15) is 0 Å². The summed E-state index contributed by atoms with van der Waals surface area (Å²) in [6.45, 7) is 1.77. The number of amidine groups is 1. The van der Waals surface area contributed by atoms with Gasteiger partial charge in [-0.05, 0) is 24.8 Å². The predicted molar refractivity (Wildman–Crippen MR) is 83.5 cm³/mol. The Kier molecular flexibility index (Phi) is 6.02. The molecule has 0 aromatic heterocycles. The van der Waals surface area contributed by atoms with Crippen molar-refractivity contribution in [3.63, 3.8) is 0 Å². The van der Waals surface area contributed by atoms with Crippen LogP contribution >= 0.6 is 0 Å². The smallest absolute Gasteiger partial charge is 0.147 e. The highest BCUT2D eigenvalue weighted by molar-refractivity contribution is 5.87. The van der Waals surface area contributed by atoms with Gasteiger partial charge in [-0.15, -0.1) is 0 Å². The highest BCUT2D eigenvalue weighted by atomic mass is 16.4. The molecule has 0 bridgehead atoms. The van der Waals surface area contributed by atoms with Crippen molar-refractivity contribution in [1.82, 2.24) is 4.90 Å². The third-order valence-electron chi connectivity index (χ3n) is 4.29. The van der Waals surface area contributed by atoms with E-state index in [1.54, 1.807) is 0 Å². The highest BCUT2D eigenvalue weighted by Crippen LogP contribution is 2.28. The van der Waals surface area contributed by atoms with Crippen LogP contribution in [0, 0.1) is 0 Å². The number of benzene rings is 1. The van der Waals surface area contributed by atoms with Gasteiger partial charge >= 0.3 is 0 Å². The molecule has 1 aliphatic carbocycles. The largest absolute Gasteiger partial charge is 0.409 e. The number of aliphatic hydroxyl groups is 1. The van der Waals surface area contributed by atoms with E-state index in [4.69, 9.17) is 16.0 Å². The lowest BCUT2D eigenvalue weighted by molar-refractivity contribution is 0.115. The van der Waals surface area contributed by atoms with Gasteiger partial charge in [-0.2, -0.15) is 0 Å². The third-order valence-corrected chi connectivity index (χ3v) is 4.29. The van der Waals surface area contributed by atoms with E-state index in [0.717, 1.165) is 25.1 Å². The Labute approximate surface area is 126 Å². The SMILES string of the molecule is N/C(=N/O)C(CN(CCCO)C1CCC1)c1ccccc1. The fourth-order valence-electron chi connectivity index (χ4n) is 2.81. The molecule has 0 spiro atoms. The van der Waals surface area contributed by atoms with Crippen LogP contribution in [0.5, 0.6) is 0 Å². The molecule has 0 amide bonds. The summed E-state index contributed by atoms with van der Waals surface area (Å²) in [7, 11) is 0. The van der Waals surface area contributed by atoms with Gasteiger partial charge in [0.15, 0.2) is 0 Å². The molecule has 1 unspecified atom stereocenters. The summed E-state index contributed by atoms with van der Waals surface area (Å²) in [6.07, 6.45) is 4.42. The number of nitrogens with two attached hydrogens (primary N) is 1. The van der Waals surface area contributed by atoms with E-state index in [1.807, 2.05) is 30.3 Å². The molecule has 0 aliphatic heterocycles. The molecule has 0 radical (unpaired) electrons. The molecule has 4 N–H and O–H groups in total. The molecule has 1 aromatic carbocycles. The Morgan fingerprint density at radius 1 is 1.33 bits per heavy atom. The van der Waals surface area contributed by atoms with Gasteiger partial charge in [-0.3, -0.25) is 4.90 Å². The molecule has 21 heavy (non-hydrogen) atoms. The Morgan fingerprint density at radius 2 is 2.05 bits per heavy atom. The Balaban J connectivity index is 2.11. The first-order chi connectivity index (χ1) is 10.3. The first kappa shape index (κ1) is 15.8. The van der Waals surface area contributed by atoms with Crippen molar-refractivity contribution in [3.8, 4) is 0 Å². The van der Waals surface area contributed by atoms with E-state index >= 15 is 0 Å². The van der Waals surface area contributed by atoms with Crippen LogP contribution in [0.15, 0.2) is 35.5 Å². The second kappa shape index (κ2) is 8.00. The van der Waals surface area contributed by atoms with Crippen LogP contribution in [0.2, 0.25) is 0 Å². The zero-order chi connectivity index (χ0) is 15.1. The van der Waals surface area contributed by atoms with Gasteiger partial charge in [0.1, 0.15) is 5.84 Å². The van der Waals surface area contributed by atoms with E-state index in [2.05, 4.69) is 10.1 Å². The van der Waals surface area contributed by atoms with Crippen molar-refractivity contribution < 1.29 is 10.3 Å². The summed E-state index contributed by atoms with van der Waals surface area (Å²) >= 11 is 0. The fourth-order valence-corrected chi connectivity index (χ4v) is 2.81. The molecular weight excluding hydrogens is 266 g/mol. The van der Waals surface area contributed by atoms with Gasteiger partial charge in [0, 0.05) is 25.7 Å². The van der Waals surface area contributed by atoms with E-state index in [1.165, 1.54) is 19.3 Å². The first-order valence-electron chi connectivity index (χ1n) is 7.63. The van der Waals surface area contributed by atoms with Crippen molar-refractivity contribution in [3.05, 3.63) is 35.9 Å². The molecule has 2 rings (SSSR count). The number of hydrogen-bond acceptors (Lipinski definition) is 4. The molecule has 1 atom stereocenters. The monoisotopic (exact) mass is 291 g/mol. The first-order valence-corrected chi connectivity index (χ1v) is 7.63. The van der Waals surface area contributed by atoms with Gasteiger partial charge in [-0.1, -0.05) is 41.9 Å². The van der Waals surface area contributed by atoms with Gasteiger partial charge in [-0.25, -0.2) is 0 Å². The van der Waals surface area contributed by atoms with Crippen molar-refractivity contribution in [2.24, 2.45) is 10.9 Å². The quantitative estimate of drug-likeness (QED) is 0.295. The number of aliphatic hydroxyl groups excluding tert-OH is 1. The molecule has 116 valence electrons. The Morgan fingerprint density at radius 3 is 2.57 bits per heavy atom. The van der Waals surface area contributed by atoms with E-state index < -0.39 is 0 Å². The maximum Gasteiger partial charge on any atom is 0.147 e. The molecule has 1 saturated carbocycles. The van der Waals surface area contributed by atoms with Crippen molar-refractivity contribution in [1.29, 1.82) is 0 Å². The number of hydrogen-bond donors (Lipinski definition) is 3. The summed E-state index contributed by atoms with van der Waals surface area (Å²) < 4.78 is 0. The van der Waals surface area contributed by atoms with Gasteiger partial charge < -0.3 is 16.0 Å². The zero-order valence-electron chi connectivity index (χ0n) is 12.4. The van der Waals surface area contributed by atoms with Crippen LogP contribution < -0.4 is 5.73 Å². The van der Waals surface area contributed by atoms with Crippen LogP contribution in [0.3, 0.4) is 0 Å². The minimum Gasteiger partial charge on any atom is -0.409 e. The predicted octanol–water partition coefficient (Wildman–Crippen LogP) is 1.75.